The fraction of sp³-hybridized carbons (Fsp3) is 0.263. The van der Waals surface area contributed by atoms with Crippen LogP contribution in [0.1, 0.15) is 5.56 Å². The average Bonchev–Trinajstić information content (AvgIpc) is 3.22. The molecular weight excluding hydrogens is 348 g/mol. The number of hydrogen-bond donors (Lipinski definition) is 0. The van der Waals surface area contributed by atoms with E-state index in [0.717, 1.165) is 10.5 Å². The lowest BCUT2D eigenvalue weighted by Gasteiger charge is -2.21. The molecule has 0 unspecified atom stereocenters. The normalized spacial score (nSPS) is 21.0. The Morgan fingerprint density at radius 3 is 2.41 bits per heavy atom. The zero-order valence-electron chi connectivity index (χ0n) is 14.9. The molecule has 2 atom stereocenters. The van der Waals surface area contributed by atoms with Crippen molar-refractivity contribution in [3.63, 3.8) is 0 Å². The van der Waals surface area contributed by atoms with E-state index in [1.54, 1.807) is 23.2 Å². The Hall–Kier alpha value is -3.42. The van der Waals surface area contributed by atoms with Crippen LogP contribution in [0.2, 0.25) is 0 Å². The molecule has 2 amide bonds. The predicted molar refractivity (Wildman–Crippen MR) is 96.5 cm³/mol. The van der Waals surface area contributed by atoms with Gasteiger partial charge in [0, 0.05) is 6.07 Å². The number of carbonyl (C=O) groups excluding carboxylic acids is 2. The number of ether oxygens (including phenoxy) is 2. The van der Waals surface area contributed by atoms with E-state index in [4.69, 9.17) is 9.47 Å². The van der Waals surface area contributed by atoms with Crippen LogP contribution >= 0.6 is 0 Å². The van der Waals surface area contributed by atoms with Gasteiger partial charge in [-0.2, -0.15) is 5.11 Å². The van der Waals surface area contributed by atoms with Gasteiger partial charge in [0.15, 0.2) is 23.6 Å². The maximum absolute atomic E-state index is 13.0. The van der Waals surface area contributed by atoms with Gasteiger partial charge in [0.2, 0.25) is 0 Å². The van der Waals surface area contributed by atoms with Crippen LogP contribution < -0.4 is 14.4 Å². The largest absolute Gasteiger partial charge is 0.493 e. The van der Waals surface area contributed by atoms with E-state index in [1.807, 2.05) is 30.3 Å². The average molecular weight is 366 g/mol. The van der Waals surface area contributed by atoms with E-state index in [1.165, 1.54) is 14.2 Å². The first-order chi connectivity index (χ1) is 13.1. The molecule has 2 aliphatic rings. The van der Waals surface area contributed by atoms with E-state index in [2.05, 4.69) is 10.3 Å². The lowest BCUT2D eigenvalue weighted by atomic mass is 10.1. The highest BCUT2D eigenvalue weighted by Gasteiger charge is 2.54. The molecule has 0 radical (unpaired) electrons. The predicted octanol–water partition coefficient (Wildman–Crippen LogP) is 2.20. The summed E-state index contributed by atoms with van der Waals surface area (Å²) >= 11 is 0. The van der Waals surface area contributed by atoms with Crippen LogP contribution in [0.25, 0.3) is 0 Å². The van der Waals surface area contributed by atoms with Crippen LogP contribution in [0.5, 0.6) is 11.5 Å². The molecule has 27 heavy (non-hydrogen) atoms. The van der Waals surface area contributed by atoms with Crippen LogP contribution in [0.3, 0.4) is 0 Å². The van der Waals surface area contributed by atoms with Crippen molar-refractivity contribution in [2.24, 2.45) is 10.3 Å². The molecule has 0 aromatic heterocycles. The zero-order valence-corrected chi connectivity index (χ0v) is 14.9. The van der Waals surface area contributed by atoms with Crippen molar-refractivity contribution in [1.82, 2.24) is 5.01 Å². The van der Waals surface area contributed by atoms with Gasteiger partial charge in [-0.25, -0.2) is 4.90 Å². The smallest absolute Gasteiger partial charge is 0.263 e. The molecule has 0 saturated carbocycles. The van der Waals surface area contributed by atoms with Crippen molar-refractivity contribution in [2.75, 3.05) is 19.1 Å². The second-order valence-corrected chi connectivity index (χ2v) is 6.23. The maximum atomic E-state index is 13.0. The van der Waals surface area contributed by atoms with Gasteiger partial charge in [-0.1, -0.05) is 35.6 Å². The summed E-state index contributed by atoms with van der Waals surface area (Å²) in [6.45, 7) is 0.407. The molecule has 2 heterocycles. The van der Waals surface area contributed by atoms with Crippen LogP contribution in [0.4, 0.5) is 5.69 Å². The number of amides is 2. The molecule has 1 saturated heterocycles. The molecule has 138 valence electrons. The van der Waals surface area contributed by atoms with Crippen LogP contribution in [-0.4, -0.2) is 43.1 Å². The van der Waals surface area contributed by atoms with E-state index in [-0.39, 0.29) is 5.91 Å². The highest BCUT2D eigenvalue weighted by Crippen LogP contribution is 2.36. The fourth-order valence-electron chi connectivity index (χ4n) is 3.34. The molecule has 0 bridgehead atoms. The third-order valence-corrected chi connectivity index (χ3v) is 4.67. The Morgan fingerprint density at radius 2 is 1.70 bits per heavy atom. The second-order valence-electron chi connectivity index (χ2n) is 6.23. The Bertz CT molecular complexity index is 915. The number of anilines is 1. The first kappa shape index (κ1) is 17.0. The highest BCUT2D eigenvalue weighted by molar-refractivity contribution is 6.25. The van der Waals surface area contributed by atoms with Crippen molar-refractivity contribution in [1.29, 1.82) is 0 Å². The summed E-state index contributed by atoms with van der Waals surface area (Å²) in [5, 5.41) is 9.66. The zero-order chi connectivity index (χ0) is 19.0. The van der Waals surface area contributed by atoms with Gasteiger partial charge >= 0.3 is 0 Å². The van der Waals surface area contributed by atoms with Crippen molar-refractivity contribution >= 4 is 17.5 Å². The fourth-order valence-corrected chi connectivity index (χ4v) is 3.34. The Morgan fingerprint density at radius 1 is 0.963 bits per heavy atom. The molecule has 4 rings (SSSR count). The van der Waals surface area contributed by atoms with E-state index in [0.29, 0.717) is 23.7 Å². The Labute approximate surface area is 156 Å². The molecule has 2 aromatic rings. The number of nitrogens with zero attached hydrogens (tertiary/aromatic N) is 4. The third kappa shape index (κ3) is 2.79. The van der Waals surface area contributed by atoms with E-state index in [9.17, 15) is 9.59 Å². The first-order valence-corrected chi connectivity index (χ1v) is 8.45. The molecule has 0 aliphatic carbocycles. The van der Waals surface area contributed by atoms with Gasteiger partial charge in [0.25, 0.3) is 11.8 Å². The number of benzene rings is 2. The number of carbonyl (C=O) groups is 2. The molecule has 0 spiro atoms. The SMILES string of the molecule is COc1ccc(N2C(=O)[C@H]3N=NN(Cc4ccccc4)[C@H]3C2=O)cc1OC. The van der Waals surface area contributed by atoms with Gasteiger partial charge < -0.3 is 9.47 Å². The summed E-state index contributed by atoms with van der Waals surface area (Å²) in [5.74, 6) is 0.219. The number of imide groups is 1. The van der Waals surface area contributed by atoms with Crippen LogP contribution in [0.15, 0.2) is 58.9 Å². The van der Waals surface area contributed by atoms with E-state index >= 15 is 0 Å². The van der Waals surface area contributed by atoms with Gasteiger partial charge in [0.05, 0.1) is 26.5 Å². The lowest BCUT2D eigenvalue weighted by molar-refractivity contribution is -0.123. The van der Waals surface area contributed by atoms with Crippen molar-refractivity contribution in [3.8, 4) is 11.5 Å². The van der Waals surface area contributed by atoms with Crippen molar-refractivity contribution in [2.45, 2.75) is 18.6 Å². The van der Waals surface area contributed by atoms with Crippen molar-refractivity contribution in [3.05, 3.63) is 54.1 Å². The summed E-state index contributed by atoms with van der Waals surface area (Å²) in [4.78, 5) is 27.0. The monoisotopic (exact) mass is 366 g/mol. The molecule has 8 nitrogen and oxygen atoms in total. The summed E-state index contributed by atoms with van der Waals surface area (Å²) in [6, 6.07) is 13.0. The number of hydrogen-bond acceptors (Lipinski definition) is 7. The number of rotatable bonds is 5. The van der Waals surface area contributed by atoms with Gasteiger partial charge in [-0.3, -0.25) is 14.6 Å². The standard InChI is InChI=1S/C19H18N4O4/c1-26-14-9-8-13(10-15(14)27-2)23-18(24)16-17(19(23)25)22(21-20-16)11-12-6-4-3-5-7-12/h3-10,16-17H,11H2,1-2H3/t16-,17+/m0/s1. The van der Waals surface area contributed by atoms with Crippen LogP contribution in [-0.2, 0) is 16.1 Å². The minimum atomic E-state index is -0.825. The molecular formula is C19H18N4O4. The minimum Gasteiger partial charge on any atom is -0.493 e. The summed E-state index contributed by atoms with van der Waals surface area (Å²) in [5.41, 5.74) is 1.41. The summed E-state index contributed by atoms with van der Waals surface area (Å²) in [6.07, 6.45) is 0. The van der Waals surface area contributed by atoms with Crippen LogP contribution in [0, 0.1) is 0 Å². The number of methoxy groups -OCH3 is 2. The molecule has 2 aromatic carbocycles. The Kier molecular flexibility index (Phi) is 4.23. The topological polar surface area (TPSA) is 83.8 Å². The molecule has 1 fully saturated rings. The Balaban J connectivity index is 1.62. The third-order valence-electron chi connectivity index (χ3n) is 4.67. The lowest BCUT2D eigenvalue weighted by Crippen LogP contribution is -2.39. The van der Waals surface area contributed by atoms with Crippen molar-refractivity contribution < 1.29 is 19.1 Å². The van der Waals surface area contributed by atoms with E-state index < -0.39 is 18.0 Å². The molecule has 8 heteroatoms. The molecule has 0 N–H and O–H groups in total. The summed E-state index contributed by atoms with van der Waals surface area (Å²) in [7, 11) is 3.02. The highest BCUT2D eigenvalue weighted by atomic mass is 16.5. The first-order valence-electron chi connectivity index (χ1n) is 8.45. The van der Waals surface area contributed by atoms with Gasteiger partial charge in [-0.15, -0.1) is 0 Å². The van der Waals surface area contributed by atoms with Gasteiger partial charge in [-0.05, 0) is 17.7 Å². The quantitative estimate of drug-likeness (QED) is 0.758. The molecule has 2 aliphatic heterocycles. The summed E-state index contributed by atoms with van der Waals surface area (Å²) < 4.78 is 10.5. The van der Waals surface area contributed by atoms with Gasteiger partial charge in [0.1, 0.15) is 0 Å². The second kappa shape index (κ2) is 6.71. The number of fused-ring (bicyclic) bond motifs is 1. The minimum absolute atomic E-state index is 0.349. The maximum Gasteiger partial charge on any atom is 0.263 e.